The fraction of sp³-hybridized carbons (Fsp3) is 0.174. The summed E-state index contributed by atoms with van der Waals surface area (Å²) in [6.45, 7) is 2.14. The molecule has 0 saturated carbocycles. The number of nitrogens with zero attached hydrogens (tertiary/aromatic N) is 2. The SMILES string of the molecule is Cc1nc(-n2ccc(OCc3ccc(Cl)s3)cc2=O)sc1C(=O)CCc1ccccc1. The van der Waals surface area contributed by atoms with Gasteiger partial charge in [0, 0.05) is 23.6 Å². The second-order valence-corrected chi connectivity index (χ2v) is 9.66. The van der Waals surface area contributed by atoms with Crippen LogP contribution in [0.25, 0.3) is 5.13 Å². The van der Waals surface area contributed by atoms with Crippen LogP contribution in [-0.4, -0.2) is 15.3 Å². The lowest BCUT2D eigenvalue weighted by Gasteiger charge is -2.06. The van der Waals surface area contributed by atoms with Crippen molar-refractivity contribution in [3.8, 4) is 10.9 Å². The normalized spacial score (nSPS) is 10.9. The van der Waals surface area contributed by atoms with Crippen LogP contribution < -0.4 is 10.3 Å². The van der Waals surface area contributed by atoms with Crippen LogP contribution in [0.4, 0.5) is 0 Å². The third kappa shape index (κ3) is 5.31. The Labute approximate surface area is 192 Å². The van der Waals surface area contributed by atoms with Crippen LogP contribution in [0.5, 0.6) is 5.75 Å². The number of ether oxygens (including phenoxy) is 1. The number of thiazole rings is 1. The van der Waals surface area contributed by atoms with Gasteiger partial charge < -0.3 is 4.74 Å². The molecule has 8 heteroatoms. The summed E-state index contributed by atoms with van der Waals surface area (Å²) >= 11 is 8.60. The van der Waals surface area contributed by atoms with Gasteiger partial charge in [0.1, 0.15) is 12.4 Å². The van der Waals surface area contributed by atoms with Crippen molar-refractivity contribution in [2.75, 3.05) is 0 Å². The maximum atomic E-state index is 12.7. The van der Waals surface area contributed by atoms with Gasteiger partial charge in [-0.25, -0.2) is 4.98 Å². The number of pyridine rings is 1. The zero-order valence-corrected chi connectivity index (χ0v) is 19.1. The minimum absolute atomic E-state index is 0.0349. The number of hydrogen-bond donors (Lipinski definition) is 0. The first-order valence-corrected chi connectivity index (χ1v) is 11.7. The largest absolute Gasteiger partial charge is 0.488 e. The van der Waals surface area contributed by atoms with E-state index in [0.717, 1.165) is 10.4 Å². The van der Waals surface area contributed by atoms with Crippen molar-refractivity contribution in [3.63, 3.8) is 0 Å². The molecule has 4 rings (SSSR count). The maximum absolute atomic E-state index is 12.7. The molecule has 0 fully saturated rings. The lowest BCUT2D eigenvalue weighted by molar-refractivity contribution is 0.0986. The highest BCUT2D eigenvalue weighted by Crippen LogP contribution is 2.25. The fourth-order valence-corrected chi connectivity index (χ4v) is 5.08. The van der Waals surface area contributed by atoms with Crippen LogP contribution in [0.15, 0.2) is 65.6 Å². The number of rotatable bonds is 8. The van der Waals surface area contributed by atoms with Gasteiger partial charge in [-0.3, -0.25) is 14.2 Å². The quantitative estimate of drug-likeness (QED) is 0.309. The van der Waals surface area contributed by atoms with Crippen molar-refractivity contribution in [2.45, 2.75) is 26.4 Å². The van der Waals surface area contributed by atoms with E-state index >= 15 is 0 Å². The Morgan fingerprint density at radius 1 is 1.13 bits per heavy atom. The van der Waals surface area contributed by atoms with E-state index in [1.807, 2.05) is 42.5 Å². The van der Waals surface area contributed by atoms with Gasteiger partial charge in [0.2, 0.25) is 0 Å². The molecule has 3 heterocycles. The van der Waals surface area contributed by atoms with E-state index in [0.29, 0.717) is 45.2 Å². The molecule has 5 nitrogen and oxygen atoms in total. The summed E-state index contributed by atoms with van der Waals surface area (Å²) in [6, 6.07) is 16.7. The average Bonchev–Trinajstić information content (AvgIpc) is 3.36. The molecule has 31 heavy (non-hydrogen) atoms. The Bertz CT molecular complexity index is 1260. The molecule has 1 aromatic carbocycles. The molecule has 0 aliphatic rings. The van der Waals surface area contributed by atoms with Crippen LogP contribution in [0.1, 0.15) is 32.2 Å². The van der Waals surface area contributed by atoms with Crippen molar-refractivity contribution in [1.82, 2.24) is 9.55 Å². The van der Waals surface area contributed by atoms with E-state index in [-0.39, 0.29) is 11.3 Å². The topological polar surface area (TPSA) is 61.2 Å². The number of hydrogen-bond acceptors (Lipinski definition) is 6. The van der Waals surface area contributed by atoms with Gasteiger partial charge in [-0.15, -0.1) is 11.3 Å². The van der Waals surface area contributed by atoms with Crippen molar-refractivity contribution in [2.24, 2.45) is 0 Å². The van der Waals surface area contributed by atoms with Gasteiger partial charge in [-0.2, -0.15) is 0 Å². The molecule has 0 aliphatic carbocycles. The summed E-state index contributed by atoms with van der Waals surface area (Å²) in [5, 5.41) is 0.474. The minimum atomic E-state index is -0.265. The van der Waals surface area contributed by atoms with Crippen LogP contribution in [0.2, 0.25) is 4.34 Å². The number of carbonyl (C=O) groups excluding carboxylic acids is 1. The first-order valence-electron chi connectivity index (χ1n) is 9.64. The van der Waals surface area contributed by atoms with E-state index < -0.39 is 0 Å². The smallest absolute Gasteiger partial charge is 0.260 e. The van der Waals surface area contributed by atoms with Crippen LogP contribution in [0, 0.1) is 6.92 Å². The van der Waals surface area contributed by atoms with Gasteiger partial charge in [-0.1, -0.05) is 53.3 Å². The van der Waals surface area contributed by atoms with Gasteiger partial charge in [-0.05, 0) is 37.1 Å². The number of ketones is 1. The molecule has 0 aliphatic heterocycles. The maximum Gasteiger partial charge on any atom is 0.260 e. The molecule has 4 aromatic rings. The van der Waals surface area contributed by atoms with E-state index in [2.05, 4.69) is 4.98 Å². The molecule has 0 saturated heterocycles. The molecule has 158 valence electrons. The Morgan fingerprint density at radius 2 is 1.94 bits per heavy atom. The summed E-state index contributed by atoms with van der Waals surface area (Å²) in [5.74, 6) is 0.505. The number of aromatic nitrogens is 2. The van der Waals surface area contributed by atoms with Crippen molar-refractivity contribution in [3.05, 3.63) is 96.5 Å². The Balaban J connectivity index is 1.45. The van der Waals surface area contributed by atoms with Crippen molar-refractivity contribution >= 4 is 40.1 Å². The number of Topliss-reactive ketones (excluding diaryl/α,β-unsaturated/α-hetero) is 1. The van der Waals surface area contributed by atoms with E-state index in [1.54, 1.807) is 19.2 Å². The van der Waals surface area contributed by atoms with Gasteiger partial charge >= 0.3 is 0 Å². The highest BCUT2D eigenvalue weighted by molar-refractivity contribution is 7.16. The van der Waals surface area contributed by atoms with Crippen molar-refractivity contribution in [1.29, 1.82) is 0 Å². The van der Waals surface area contributed by atoms with Gasteiger partial charge in [0.15, 0.2) is 10.9 Å². The molecule has 0 radical (unpaired) electrons. The average molecular weight is 471 g/mol. The summed E-state index contributed by atoms with van der Waals surface area (Å²) in [7, 11) is 0. The molecular weight excluding hydrogens is 452 g/mol. The number of benzene rings is 1. The van der Waals surface area contributed by atoms with Crippen molar-refractivity contribution < 1.29 is 9.53 Å². The first-order chi connectivity index (χ1) is 15.0. The zero-order chi connectivity index (χ0) is 21.8. The number of halogens is 1. The Kier molecular flexibility index (Phi) is 6.65. The zero-order valence-electron chi connectivity index (χ0n) is 16.7. The molecule has 0 unspecified atom stereocenters. The minimum Gasteiger partial charge on any atom is -0.488 e. The van der Waals surface area contributed by atoms with E-state index in [9.17, 15) is 9.59 Å². The predicted molar refractivity (Wildman–Crippen MR) is 125 cm³/mol. The second kappa shape index (κ2) is 9.60. The fourth-order valence-electron chi connectivity index (χ4n) is 3.05. The highest BCUT2D eigenvalue weighted by atomic mass is 35.5. The predicted octanol–water partition coefficient (Wildman–Crippen LogP) is 5.71. The lowest BCUT2D eigenvalue weighted by atomic mass is 10.1. The van der Waals surface area contributed by atoms with Crippen LogP contribution >= 0.6 is 34.3 Å². The first kappa shape index (κ1) is 21.5. The number of carbonyl (C=O) groups is 1. The highest BCUT2D eigenvalue weighted by Gasteiger charge is 2.17. The molecule has 0 N–H and O–H groups in total. The molecule has 0 atom stereocenters. The van der Waals surface area contributed by atoms with Gasteiger partial charge in [0.25, 0.3) is 5.56 Å². The molecular formula is C23H19ClN2O3S2. The lowest BCUT2D eigenvalue weighted by Crippen LogP contribution is -2.16. The Hall–Kier alpha value is -2.74. The molecule has 0 bridgehead atoms. The number of thiophene rings is 1. The molecule has 0 spiro atoms. The van der Waals surface area contributed by atoms with Crippen LogP contribution in [-0.2, 0) is 13.0 Å². The third-order valence-electron chi connectivity index (χ3n) is 4.63. The van der Waals surface area contributed by atoms with Crippen LogP contribution in [0.3, 0.4) is 0 Å². The summed E-state index contributed by atoms with van der Waals surface area (Å²) in [4.78, 5) is 31.3. The van der Waals surface area contributed by atoms with E-state index in [4.69, 9.17) is 16.3 Å². The van der Waals surface area contributed by atoms with E-state index in [1.165, 1.54) is 33.3 Å². The summed E-state index contributed by atoms with van der Waals surface area (Å²) in [6.07, 6.45) is 2.70. The third-order valence-corrected chi connectivity index (χ3v) is 7.03. The summed E-state index contributed by atoms with van der Waals surface area (Å²) in [5.41, 5.74) is 1.49. The summed E-state index contributed by atoms with van der Waals surface area (Å²) < 4.78 is 7.81. The van der Waals surface area contributed by atoms with Gasteiger partial charge in [0.05, 0.1) is 14.9 Å². The monoisotopic (exact) mass is 470 g/mol. The Morgan fingerprint density at radius 3 is 2.65 bits per heavy atom. The molecule has 3 aromatic heterocycles. The second-order valence-electron chi connectivity index (χ2n) is 6.88. The number of aryl methyl sites for hydroxylation is 2. The standard InChI is InChI=1S/C23H19ClN2O3S2/c1-15-22(19(27)9-7-16-5-3-2-4-6-16)31-23(25-15)26-12-11-17(13-21(26)28)29-14-18-8-10-20(24)30-18/h2-6,8,10-13H,7,9,14H2,1H3. The molecule has 0 amide bonds.